The number of carboxylic acid groups (broad SMARTS) is 1. The maximum atomic E-state index is 13.3. The van der Waals surface area contributed by atoms with Crippen LogP contribution in [0.1, 0.15) is 164 Å². The van der Waals surface area contributed by atoms with Crippen LogP contribution in [0.3, 0.4) is 0 Å². The number of alkyl carbamates (subject to hydrolysis) is 2. The summed E-state index contributed by atoms with van der Waals surface area (Å²) in [4.78, 5) is 79.1. The molecule has 21 heteroatoms. The molecule has 486 valence electrons. The lowest BCUT2D eigenvalue weighted by molar-refractivity contribution is -0.161. The van der Waals surface area contributed by atoms with Crippen LogP contribution in [0.5, 0.6) is 11.5 Å². The van der Waals surface area contributed by atoms with Crippen LogP contribution in [0.2, 0.25) is 0 Å². The lowest BCUT2D eigenvalue weighted by Gasteiger charge is -2.32. The standard InChI is InChI=1S/C33H43N3O7.C26H32N2O6.C7H13NO2.C2H6/c1-32(2,3)43-31(39)34-18-22-8-6-9-24(16-22)23-12-14-35(15-13-23)30(38)25-10-7-11-26(17-25)40-21-29(37)36-19-27-28(20-36)42-33(4,5)41-27;1-26(2,3)34-25(32)27-16-18-6-4-7-20(14-18)19-10-12-28(13-11-19)24(31)21-8-5-9-22(15-21)33-17-23(29)30;1-7(2)9-5-3-8-4-6(5)10-7;1-2/h6-11,16-17,23,27-28H,12-15,18-21H2,1-5H3,(H,34,39);4-9,14-15,19H,10-13,16-17H2,1-3H3,(H,27,32)(H,29,30);5-6,8H,3-4H2,1-2H3;1-2H3/t;;5-,6+;. The van der Waals surface area contributed by atoms with Gasteiger partial charge in [0.2, 0.25) is 0 Å². The van der Waals surface area contributed by atoms with E-state index in [1.54, 1.807) is 53.4 Å². The number of ether oxygens (including phenoxy) is 8. The van der Waals surface area contributed by atoms with E-state index >= 15 is 0 Å². The van der Waals surface area contributed by atoms with Crippen LogP contribution in [-0.2, 0) is 51.1 Å². The highest BCUT2D eigenvalue weighted by molar-refractivity contribution is 5.95. The van der Waals surface area contributed by atoms with Crippen LogP contribution in [0.4, 0.5) is 9.59 Å². The van der Waals surface area contributed by atoms with Gasteiger partial charge in [-0.05, 0) is 165 Å². The zero-order valence-electron chi connectivity index (χ0n) is 54.0. The molecule has 10 rings (SSSR count). The van der Waals surface area contributed by atoms with E-state index in [0.29, 0.717) is 86.8 Å². The molecule has 0 aromatic heterocycles. The van der Waals surface area contributed by atoms with Gasteiger partial charge >= 0.3 is 18.2 Å². The number of carboxylic acids is 1. The third-order valence-corrected chi connectivity index (χ3v) is 15.4. The van der Waals surface area contributed by atoms with Gasteiger partial charge in [0.25, 0.3) is 17.7 Å². The molecule has 4 aromatic carbocycles. The van der Waals surface area contributed by atoms with Gasteiger partial charge in [0.15, 0.2) is 24.8 Å². The van der Waals surface area contributed by atoms with Crippen LogP contribution in [0.15, 0.2) is 97.1 Å². The number of nitrogens with zero attached hydrogens (tertiary/aromatic N) is 3. The molecule has 89 heavy (non-hydrogen) atoms. The van der Waals surface area contributed by atoms with Crippen LogP contribution in [-0.4, -0.2) is 168 Å². The molecule has 5 amide bonds. The summed E-state index contributed by atoms with van der Waals surface area (Å²) in [6.07, 6.45) is 2.83. The fourth-order valence-electron chi connectivity index (χ4n) is 11.5. The van der Waals surface area contributed by atoms with Crippen LogP contribution < -0.4 is 25.4 Å². The van der Waals surface area contributed by atoms with Gasteiger partial charge in [-0.15, -0.1) is 0 Å². The minimum absolute atomic E-state index is 0.0465. The first-order valence-electron chi connectivity index (χ1n) is 31.2. The number of hydrogen-bond acceptors (Lipinski definition) is 15. The molecule has 0 saturated carbocycles. The van der Waals surface area contributed by atoms with Crippen molar-refractivity contribution >= 4 is 35.9 Å². The van der Waals surface area contributed by atoms with Crippen molar-refractivity contribution in [3.63, 3.8) is 0 Å². The normalized spacial score (nSPS) is 21.0. The predicted molar refractivity (Wildman–Crippen MR) is 335 cm³/mol. The van der Waals surface area contributed by atoms with E-state index in [1.807, 2.05) is 117 Å². The van der Waals surface area contributed by atoms with E-state index in [4.69, 9.17) is 43.0 Å². The summed E-state index contributed by atoms with van der Waals surface area (Å²) in [6, 6.07) is 30.0. The molecule has 0 radical (unpaired) electrons. The SMILES string of the molecule is CC.CC(C)(C)OC(=O)NCc1cccc(C2CCN(C(=O)c3cccc(OCC(=O)N4CC5OC(C)(C)OC5C4)c3)CC2)c1.CC(C)(C)OC(=O)NCc1cccc(C2CCN(C(=O)c3cccc(OCC(=O)O)c3)CC2)c1.CC1(C)O[C@H]2CNC[C@H]2O1. The topological polar surface area (TPSA) is 242 Å². The third-order valence-electron chi connectivity index (χ3n) is 15.4. The van der Waals surface area contributed by atoms with Crippen molar-refractivity contribution in [2.45, 2.75) is 181 Å². The average Bonchev–Trinajstić information content (AvgIpc) is 1.99. The Hall–Kier alpha value is -7.30. The molecule has 0 spiro atoms. The Bertz CT molecular complexity index is 3000. The highest BCUT2D eigenvalue weighted by atomic mass is 16.8. The second-order valence-corrected chi connectivity index (χ2v) is 25.7. The third kappa shape index (κ3) is 21.4. The number of piperidine rings is 2. The van der Waals surface area contributed by atoms with Gasteiger partial charge in [0, 0.05) is 76.6 Å². The molecule has 6 heterocycles. The van der Waals surface area contributed by atoms with Crippen molar-refractivity contribution in [2.75, 3.05) is 65.6 Å². The van der Waals surface area contributed by atoms with Crippen molar-refractivity contribution in [2.24, 2.45) is 0 Å². The van der Waals surface area contributed by atoms with Crippen molar-refractivity contribution in [1.82, 2.24) is 30.7 Å². The largest absolute Gasteiger partial charge is 0.484 e. The van der Waals surface area contributed by atoms with E-state index in [2.05, 4.69) is 40.2 Å². The lowest BCUT2D eigenvalue weighted by atomic mass is 9.88. The number of carbonyl (C=O) groups excluding carboxylic acids is 5. The number of rotatable bonds is 14. The first-order chi connectivity index (χ1) is 42.1. The maximum Gasteiger partial charge on any atom is 0.407 e. The number of hydrogen-bond donors (Lipinski definition) is 4. The minimum Gasteiger partial charge on any atom is -0.484 e. The van der Waals surface area contributed by atoms with Gasteiger partial charge in [0.05, 0.1) is 0 Å². The van der Waals surface area contributed by atoms with E-state index in [9.17, 15) is 28.8 Å². The number of fused-ring (bicyclic) bond motifs is 2. The van der Waals surface area contributed by atoms with Crippen molar-refractivity contribution in [3.05, 3.63) is 130 Å². The molecule has 6 aliphatic rings. The minimum atomic E-state index is -1.07. The molecular formula is C68H94N6O15. The molecule has 21 nitrogen and oxygen atoms in total. The van der Waals surface area contributed by atoms with Crippen LogP contribution >= 0.6 is 0 Å². The molecule has 6 saturated heterocycles. The number of aliphatic carboxylic acids is 1. The summed E-state index contributed by atoms with van der Waals surface area (Å²) in [5.74, 6) is -0.794. The fraction of sp³-hybridized carbons (Fsp3) is 0.559. The first kappa shape index (κ1) is 69.2. The second-order valence-electron chi connectivity index (χ2n) is 25.7. The zero-order chi connectivity index (χ0) is 64.7. The molecule has 0 aliphatic carbocycles. The van der Waals surface area contributed by atoms with Gasteiger partial charge in [-0.3, -0.25) is 14.4 Å². The van der Waals surface area contributed by atoms with E-state index < -0.39 is 41.8 Å². The molecular weight excluding hydrogens is 1140 g/mol. The second kappa shape index (κ2) is 30.9. The smallest absolute Gasteiger partial charge is 0.407 e. The summed E-state index contributed by atoms with van der Waals surface area (Å²) in [5, 5.41) is 17.6. The Morgan fingerprint density at radius 1 is 0.539 bits per heavy atom. The maximum absolute atomic E-state index is 13.3. The summed E-state index contributed by atoms with van der Waals surface area (Å²) in [6.45, 7) is 28.3. The molecule has 4 atom stereocenters. The van der Waals surface area contributed by atoms with Gasteiger partial charge in [-0.1, -0.05) is 74.5 Å². The van der Waals surface area contributed by atoms with Crippen LogP contribution in [0, 0.1) is 0 Å². The van der Waals surface area contributed by atoms with Gasteiger partial charge in [-0.2, -0.15) is 0 Å². The summed E-state index contributed by atoms with van der Waals surface area (Å²) in [5.41, 5.74) is 4.36. The number of amides is 5. The van der Waals surface area contributed by atoms with Gasteiger partial charge < -0.3 is 73.7 Å². The highest BCUT2D eigenvalue weighted by Crippen LogP contribution is 2.35. The number of carbonyl (C=O) groups is 6. The Morgan fingerprint density at radius 3 is 1.31 bits per heavy atom. The van der Waals surface area contributed by atoms with Gasteiger partial charge in [0.1, 0.15) is 47.1 Å². The molecule has 0 bridgehead atoms. The quantitative estimate of drug-likeness (QED) is 0.0918. The van der Waals surface area contributed by atoms with Crippen molar-refractivity contribution < 1.29 is 71.8 Å². The van der Waals surface area contributed by atoms with Gasteiger partial charge in [-0.25, -0.2) is 14.4 Å². The molecule has 4 aromatic rings. The molecule has 2 unspecified atom stereocenters. The van der Waals surface area contributed by atoms with Crippen LogP contribution in [0.25, 0.3) is 0 Å². The van der Waals surface area contributed by atoms with E-state index in [1.165, 1.54) is 11.1 Å². The number of benzene rings is 4. The lowest BCUT2D eigenvalue weighted by Crippen LogP contribution is -2.38. The summed E-state index contributed by atoms with van der Waals surface area (Å²) < 4.78 is 44.5. The van der Waals surface area contributed by atoms with E-state index in [0.717, 1.165) is 49.9 Å². The summed E-state index contributed by atoms with van der Waals surface area (Å²) in [7, 11) is 0. The fourth-order valence-corrected chi connectivity index (χ4v) is 11.5. The Balaban J connectivity index is 0.000000217. The Morgan fingerprint density at radius 2 is 0.921 bits per heavy atom. The summed E-state index contributed by atoms with van der Waals surface area (Å²) >= 11 is 0. The van der Waals surface area contributed by atoms with E-state index in [-0.39, 0.29) is 54.5 Å². The zero-order valence-corrected chi connectivity index (χ0v) is 54.0. The molecule has 6 fully saturated rings. The van der Waals surface area contributed by atoms with Crippen molar-refractivity contribution in [1.29, 1.82) is 0 Å². The molecule has 4 N–H and O–H groups in total. The first-order valence-corrected chi connectivity index (χ1v) is 31.2. The average molecular weight is 1240 g/mol. The number of likely N-dealkylation sites (tertiary alicyclic amines) is 3. The Kier molecular flexibility index (Phi) is 24.1. The highest BCUT2D eigenvalue weighted by Gasteiger charge is 2.48. The van der Waals surface area contributed by atoms with Crippen molar-refractivity contribution in [3.8, 4) is 11.5 Å². The predicted octanol–water partition coefficient (Wildman–Crippen LogP) is 9.80. The Labute approximate surface area is 524 Å². The monoisotopic (exact) mass is 1230 g/mol. The number of nitrogens with one attached hydrogen (secondary N) is 3. The molecule has 6 aliphatic heterocycles.